The quantitative estimate of drug-likeness (QED) is 0.591. The van der Waals surface area contributed by atoms with E-state index in [0.717, 1.165) is 0 Å². The van der Waals surface area contributed by atoms with E-state index in [4.69, 9.17) is 11.6 Å². The summed E-state index contributed by atoms with van der Waals surface area (Å²) >= 11 is 5.11. The molecule has 0 aliphatic rings. The summed E-state index contributed by atoms with van der Waals surface area (Å²) in [6.07, 6.45) is 0.736. The lowest BCUT2D eigenvalue weighted by atomic mass is 10.0. The molecular weight excluding hydrogens is 152 g/mol. The molecule has 10 heavy (non-hydrogen) atoms. The number of carbonyl (C=O) groups excluding carboxylic acids is 2. The number of Topliss-reactive ketones (excluding diaryl/α,β-unsaturated/α-hetero) is 1. The van der Waals surface area contributed by atoms with E-state index in [0.29, 0.717) is 12.8 Å². The van der Waals surface area contributed by atoms with Gasteiger partial charge in [-0.15, -0.1) is 0 Å². The zero-order valence-electron chi connectivity index (χ0n) is 6.19. The Bertz CT molecular complexity index is 127. The second kappa shape index (κ2) is 4.45. The first-order chi connectivity index (χ1) is 4.52. The van der Waals surface area contributed by atoms with Crippen molar-refractivity contribution < 1.29 is 9.59 Å². The maximum absolute atomic E-state index is 10.5. The number of hydrogen-bond donors (Lipinski definition) is 0. The van der Waals surface area contributed by atoms with Crippen LogP contribution in [0.2, 0.25) is 0 Å². The first-order valence-electron chi connectivity index (χ1n) is 3.20. The van der Waals surface area contributed by atoms with Gasteiger partial charge in [0.25, 0.3) is 0 Å². The highest BCUT2D eigenvalue weighted by molar-refractivity contribution is 6.63. The fourth-order valence-corrected chi connectivity index (χ4v) is 1.10. The van der Waals surface area contributed by atoms with E-state index in [2.05, 4.69) is 0 Å². The molecule has 1 unspecified atom stereocenters. The van der Waals surface area contributed by atoms with Crippen molar-refractivity contribution in [1.29, 1.82) is 0 Å². The van der Waals surface area contributed by atoms with Gasteiger partial charge < -0.3 is 4.79 Å². The Balaban J connectivity index is 3.53. The molecule has 0 spiro atoms. The normalized spacial score (nSPS) is 12.7. The largest absolute Gasteiger partial charge is 0.300 e. The van der Waals surface area contributed by atoms with Crippen LogP contribution in [0.3, 0.4) is 0 Å². The summed E-state index contributed by atoms with van der Waals surface area (Å²) in [4.78, 5) is 20.8. The molecule has 0 radical (unpaired) electrons. The average molecular weight is 163 g/mol. The van der Waals surface area contributed by atoms with Crippen LogP contribution in [-0.4, -0.2) is 11.0 Å². The molecule has 0 amide bonds. The third-order valence-corrected chi connectivity index (χ3v) is 1.30. The molecule has 2 nitrogen and oxygen atoms in total. The number of halogens is 1. The summed E-state index contributed by atoms with van der Waals surface area (Å²) in [5.74, 6) is 0.188. The van der Waals surface area contributed by atoms with Crippen LogP contribution in [0.25, 0.3) is 0 Å². The fourth-order valence-electron chi connectivity index (χ4n) is 0.837. The Morgan fingerprint density at radius 2 is 1.90 bits per heavy atom. The number of ketones is 1. The SMILES string of the molecule is CC(=O)CC(C)CC(=O)Cl. The number of carbonyl (C=O) groups is 2. The summed E-state index contributed by atoms with van der Waals surface area (Å²) in [7, 11) is 0. The van der Waals surface area contributed by atoms with Crippen molar-refractivity contribution in [3.05, 3.63) is 0 Å². The third kappa shape index (κ3) is 5.76. The van der Waals surface area contributed by atoms with Gasteiger partial charge in [0, 0.05) is 12.8 Å². The summed E-state index contributed by atoms with van der Waals surface area (Å²) in [6, 6.07) is 0. The lowest BCUT2D eigenvalue weighted by Gasteiger charge is -2.03. The predicted molar refractivity (Wildman–Crippen MR) is 39.9 cm³/mol. The van der Waals surface area contributed by atoms with E-state index >= 15 is 0 Å². The fraction of sp³-hybridized carbons (Fsp3) is 0.714. The summed E-state index contributed by atoms with van der Waals surface area (Å²) in [6.45, 7) is 3.34. The van der Waals surface area contributed by atoms with Crippen molar-refractivity contribution in [3.63, 3.8) is 0 Å². The zero-order chi connectivity index (χ0) is 8.15. The smallest absolute Gasteiger partial charge is 0.221 e. The molecule has 0 N–H and O–H groups in total. The van der Waals surface area contributed by atoms with E-state index in [1.54, 1.807) is 0 Å². The van der Waals surface area contributed by atoms with E-state index in [1.165, 1.54) is 6.92 Å². The van der Waals surface area contributed by atoms with E-state index in [-0.39, 0.29) is 16.9 Å². The van der Waals surface area contributed by atoms with Crippen molar-refractivity contribution >= 4 is 22.6 Å². The zero-order valence-corrected chi connectivity index (χ0v) is 6.94. The minimum Gasteiger partial charge on any atom is -0.300 e. The van der Waals surface area contributed by atoms with Gasteiger partial charge in [-0.3, -0.25) is 4.79 Å². The van der Waals surface area contributed by atoms with E-state index in [1.807, 2.05) is 6.92 Å². The van der Waals surface area contributed by atoms with Gasteiger partial charge >= 0.3 is 0 Å². The lowest BCUT2D eigenvalue weighted by Crippen LogP contribution is -2.04. The summed E-state index contributed by atoms with van der Waals surface area (Å²) in [5.41, 5.74) is 0. The summed E-state index contributed by atoms with van der Waals surface area (Å²) < 4.78 is 0. The van der Waals surface area contributed by atoms with Crippen molar-refractivity contribution in [2.45, 2.75) is 26.7 Å². The van der Waals surface area contributed by atoms with Gasteiger partial charge in [-0.05, 0) is 24.4 Å². The highest BCUT2D eigenvalue weighted by Gasteiger charge is 2.08. The molecule has 0 bridgehead atoms. The molecular formula is C7H11ClO2. The van der Waals surface area contributed by atoms with Crippen LogP contribution >= 0.6 is 11.6 Å². The van der Waals surface area contributed by atoms with Gasteiger partial charge in [0.05, 0.1) is 0 Å². The Kier molecular flexibility index (Phi) is 4.28. The van der Waals surface area contributed by atoms with Gasteiger partial charge in [0.1, 0.15) is 5.78 Å². The first-order valence-corrected chi connectivity index (χ1v) is 3.58. The van der Waals surface area contributed by atoms with Gasteiger partial charge in [0.2, 0.25) is 5.24 Å². The molecule has 1 atom stereocenters. The molecule has 0 aromatic heterocycles. The van der Waals surface area contributed by atoms with Crippen LogP contribution in [-0.2, 0) is 9.59 Å². The molecule has 58 valence electrons. The van der Waals surface area contributed by atoms with Crippen LogP contribution < -0.4 is 0 Å². The third-order valence-electron chi connectivity index (χ3n) is 1.14. The topological polar surface area (TPSA) is 34.1 Å². The van der Waals surface area contributed by atoms with Crippen LogP contribution in [0.5, 0.6) is 0 Å². The van der Waals surface area contributed by atoms with Gasteiger partial charge in [-0.2, -0.15) is 0 Å². The molecule has 0 rings (SSSR count). The van der Waals surface area contributed by atoms with Gasteiger partial charge in [-0.1, -0.05) is 6.92 Å². The van der Waals surface area contributed by atoms with E-state index in [9.17, 15) is 9.59 Å². The first kappa shape index (κ1) is 9.63. The maximum Gasteiger partial charge on any atom is 0.221 e. The molecule has 0 saturated carbocycles. The standard InChI is InChI=1S/C7H11ClO2/c1-5(3-6(2)9)4-7(8)10/h5H,3-4H2,1-2H3. The van der Waals surface area contributed by atoms with Crippen molar-refractivity contribution in [3.8, 4) is 0 Å². The highest BCUT2D eigenvalue weighted by Crippen LogP contribution is 2.09. The predicted octanol–water partition coefficient (Wildman–Crippen LogP) is 1.76. The molecule has 0 heterocycles. The Morgan fingerprint density at radius 1 is 1.40 bits per heavy atom. The number of hydrogen-bond acceptors (Lipinski definition) is 2. The maximum atomic E-state index is 10.5. The van der Waals surface area contributed by atoms with Crippen molar-refractivity contribution in [1.82, 2.24) is 0 Å². The molecule has 3 heteroatoms. The van der Waals surface area contributed by atoms with E-state index < -0.39 is 0 Å². The van der Waals surface area contributed by atoms with Crippen LogP contribution in [0.15, 0.2) is 0 Å². The molecule has 0 fully saturated rings. The molecule has 0 aromatic carbocycles. The van der Waals surface area contributed by atoms with Gasteiger partial charge in [-0.25, -0.2) is 0 Å². The average Bonchev–Trinajstić information content (AvgIpc) is 1.58. The van der Waals surface area contributed by atoms with Crippen molar-refractivity contribution in [2.24, 2.45) is 5.92 Å². The Labute approximate surface area is 65.6 Å². The monoisotopic (exact) mass is 162 g/mol. The van der Waals surface area contributed by atoms with Crippen molar-refractivity contribution in [2.75, 3.05) is 0 Å². The minimum absolute atomic E-state index is 0.0856. The van der Waals surface area contributed by atoms with Crippen LogP contribution in [0.4, 0.5) is 0 Å². The molecule has 0 saturated heterocycles. The second-order valence-electron chi connectivity index (χ2n) is 2.57. The highest BCUT2D eigenvalue weighted by atomic mass is 35.5. The van der Waals surface area contributed by atoms with Gasteiger partial charge in [0.15, 0.2) is 0 Å². The molecule has 0 aromatic rings. The Morgan fingerprint density at radius 3 is 2.20 bits per heavy atom. The molecule has 0 aliphatic carbocycles. The van der Waals surface area contributed by atoms with Crippen LogP contribution in [0, 0.1) is 5.92 Å². The second-order valence-corrected chi connectivity index (χ2v) is 2.99. The van der Waals surface area contributed by atoms with Crippen LogP contribution in [0.1, 0.15) is 26.7 Å². The number of rotatable bonds is 4. The summed E-state index contributed by atoms with van der Waals surface area (Å²) in [5, 5.41) is -0.367. The molecule has 0 aliphatic heterocycles. The Hall–Kier alpha value is -0.370. The minimum atomic E-state index is -0.367. The lowest BCUT2D eigenvalue weighted by molar-refractivity contribution is -0.118.